The number of halogens is 1. The van der Waals surface area contributed by atoms with Gasteiger partial charge < -0.3 is 24.6 Å². The summed E-state index contributed by atoms with van der Waals surface area (Å²) in [6, 6.07) is 4.13. The number of aliphatic carboxylic acids is 2. The topological polar surface area (TPSA) is 96.3 Å². The zero-order chi connectivity index (χ0) is 18.7. The van der Waals surface area contributed by atoms with Gasteiger partial charge in [-0.05, 0) is 51.2 Å². The first kappa shape index (κ1) is 22.4. The van der Waals surface area contributed by atoms with Crippen molar-refractivity contribution < 1.29 is 29.3 Å². The fraction of sp³-hybridized carbons (Fsp3) is 0.500. The second-order valence-electron chi connectivity index (χ2n) is 5.24. The SMILES string of the molecule is Cc1cc(Br)cc(C)c1OCCOCCN(C)C.O=C(O)C(=O)O. The van der Waals surface area contributed by atoms with Gasteiger partial charge in [0.15, 0.2) is 0 Å². The second-order valence-corrected chi connectivity index (χ2v) is 6.16. The fourth-order valence-electron chi connectivity index (χ4n) is 1.68. The molecule has 0 unspecified atom stereocenters. The van der Waals surface area contributed by atoms with Gasteiger partial charge in [-0.15, -0.1) is 0 Å². The average Bonchev–Trinajstić information content (AvgIpc) is 2.44. The van der Waals surface area contributed by atoms with Crippen molar-refractivity contribution in [1.29, 1.82) is 0 Å². The molecule has 2 N–H and O–H groups in total. The number of ether oxygens (including phenoxy) is 2. The molecule has 8 heteroatoms. The van der Waals surface area contributed by atoms with Crippen LogP contribution in [0.4, 0.5) is 0 Å². The van der Waals surface area contributed by atoms with Gasteiger partial charge in [0.2, 0.25) is 0 Å². The molecule has 0 spiro atoms. The van der Waals surface area contributed by atoms with E-state index in [1.807, 2.05) is 14.1 Å². The molecule has 0 bridgehead atoms. The number of benzene rings is 1. The zero-order valence-electron chi connectivity index (χ0n) is 14.3. The minimum Gasteiger partial charge on any atom is -0.491 e. The minimum atomic E-state index is -1.82. The molecule has 0 radical (unpaired) electrons. The molecule has 1 aromatic carbocycles. The normalized spacial score (nSPS) is 10.1. The Labute approximate surface area is 150 Å². The smallest absolute Gasteiger partial charge is 0.414 e. The molecule has 0 fully saturated rings. The van der Waals surface area contributed by atoms with Crippen molar-refractivity contribution in [3.8, 4) is 5.75 Å². The molecule has 0 heterocycles. The van der Waals surface area contributed by atoms with E-state index in [1.54, 1.807) is 0 Å². The standard InChI is InChI=1S/C14H22BrNO2.C2H2O4/c1-11-9-13(15)10-12(2)14(11)18-8-7-17-6-5-16(3)4;3-1(4)2(5)6/h9-10H,5-8H2,1-4H3;(H,3,4)(H,5,6). The number of carboxylic acid groups (broad SMARTS) is 2. The van der Waals surface area contributed by atoms with Crippen LogP contribution in [0.5, 0.6) is 5.75 Å². The summed E-state index contributed by atoms with van der Waals surface area (Å²) in [4.78, 5) is 20.3. The molecule has 0 aliphatic rings. The highest BCUT2D eigenvalue weighted by Crippen LogP contribution is 2.27. The number of rotatable bonds is 7. The van der Waals surface area contributed by atoms with Gasteiger partial charge in [0, 0.05) is 11.0 Å². The lowest BCUT2D eigenvalue weighted by atomic mass is 10.1. The molecule has 0 amide bonds. The Morgan fingerprint density at radius 1 is 1.04 bits per heavy atom. The first-order valence-electron chi connectivity index (χ1n) is 7.23. The average molecular weight is 406 g/mol. The molecule has 0 saturated heterocycles. The number of carbonyl (C=O) groups is 2. The van der Waals surface area contributed by atoms with E-state index in [9.17, 15) is 0 Å². The van der Waals surface area contributed by atoms with E-state index in [1.165, 1.54) is 0 Å². The predicted octanol–water partition coefficient (Wildman–Crippen LogP) is 2.18. The maximum atomic E-state index is 9.10. The zero-order valence-corrected chi connectivity index (χ0v) is 15.9. The first-order chi connectivity index (χ1) is 11.1. The summed E-state index contributed by atoms with van der Waals surface area (Å²) in [5, 5.41) is 14.8. The van der Waals surface area contributed by atoms with Crippen molar-refractivity contribution in [2.24, 2.45) is 0 Å². The van der Waals surface area contributed by atoms with Crippen LogP contribution in [0.1, 0.15) is 11.1 Å². The third-order valence-corrected chi connectivity index (χ3v) is 3.22. The number of aryl methyl sites for hydroxylation is 2. The number of hydrogen-bond donors (Lipinski definition) is 2. The number of likely N-dealkylation sites (N-methyl/N-ethyl adjacent to an activating group) is 1. The van der Waals surface area contributed by atoms with Crippen LogP contribution in [-0.2, 0) is 14.3 Å². The molecular weight excluding hydrogens is 382 g/mol. The summed E-state index contributed by atoms with van der Waals surface area (Å²) in [6.07, 6.45) is 0. The maximum absolute atomic E-state index is 9.10. The van der Waals surface area contributed by atoms with Crippen LogP contribution in [-0.4, -0.2) is 67.5 Å². The van der Waals surface area contributed by atoms with Gasteiger partial charge in [0.05, 0.1) is 13.2 Å². The number of carboxylic acids is 2. The van der Waals surface area contributed by atoms with Gasteiger partial charge >= 0.3 is 11.9 Å². The summed E-state index contributed by atoms with van der Waals surface area (Å²) in [6.45, 7) is 7.02. The van der Waals surface area contributed by atoms with Gasteiger partial charge in [-0.2, -0.15) is 0 Å². The Morgan fingerprint density at radius 2 is 1.54 bits per heavy atom. The maximum Gasteiger partial charge on any atom is 0.414 e. The highest BCUT2D eigenvalue weighted by molar-refractivity contribution is 9.10. The van der Waals surface area contributed by atoms with Crippen molar-refractivity contribution in [3.05, 3.63) is 27.7 Å². The quantitative estimate of drug-likeness (QED) is 0.529. The molecule has 1 rings (SSSR count). The van der Waals surface area contributed by atoms with Crippen LogP contribution < -0.4 is 4.74 Å². The Kier molecular flexibility index (Phi) is 11.0. The summed E-state index contributed by atoms with van der Waals surface area (Å²) in [5.41, 5.74) is 2.30. The Morgan fingerprint density at radius 3 is 1.96 bits per heavy atom. The van der Waals surface area contributed by atoms with Crippen LogP contribution in [0.3, 0.4) is 0 Å². The Hall–Kier alpha value is -1.64. The summed E-state index contributed by atoms with van der Waals surface area (Å²) in [7, 11) is 4.07. The lowest BCUT2D eigenvalue weighted by molar-refractivity contribution is -0.159. The van der Waals surface area contributed by atoms with Crippen molar-refractivity contribution in [3.63, 3.8) is 0 Å². The van der Waals surface area contributed by atoms with E-state index < -0.39 is 11.9 Å². The van der Waals surface area contributed by atoms with E-state index >= 15 is 0 Å². The third kappa shape index (κ3) is 10.2. The largest absolute Gasteiger partial charge is 0.491 e. The summed E-state index contributed by atoms with van der Waals surface area (Å²) >= 11 is 3.48. The van der Waals surface area contributed by atoms with E-state index in [0.29, 0.717) is 13.2 Å². The van der Waals surface area contributed by atoms with Crippen molar-refractivity contribution >= 4 is 27.9 Å². The second kappa shape index (κ2) is 11.8. The van der Waals surface area contributed by atoms with Crippen molar-refractivity contribution in [2.45, 2.75) is 13.8 Å². The molecule has 0 atom stereocenters. The summed E-state index contributed by atoms with van der Waals surface area (Å²) in [5.74, 6) is -2.68. The van der Waals surface area contributed by atoms with Crippen LogP contribution in [0.2, 0.25) is 0 Å². The molecule has 0 aromatic heterocycles. The number of nitrogens with zero attached hydrogens (tertiary/aromatic N) is 1. The molecule has 136 valence electrons. The van der Waals surface area contributed by atoms with Crippen LogP contribution in [0.25, 0.3) is 0 Å². The van der Waals surface area contributed by atoms with Gasteiger partial charge in [-0.25, -0.2) is 9.59 Å². The Bertz CT molecular complexity index is 512. The molecular formula is C16H24BrNO6. The van der Waals surface area contributed by atoms with Gasteiger partial charge in [0.1, 0.15) is 12.4 Å². The highest BCUT2D eigenvalue weighted by Gasteiger charge is 2.05. The highest BCUT2D eigenvalue weighted by atomic mass is 79.9. The van der Waals surface area contributed by atoms with E-state index in [-0.39, 0.29) is 0 Å². The Balaban J connectivity index is 0.000000754. The van der Waals surface area contributed by atoms with Crippen molar-refractivity contribution in [1.82, 2.24) is 4.90 Å². The van der Waals surface area contributed by atoms with Gasteiger partial charge in [0.25, 0.3) is 0 Å². The monoisotopic (exact) mass is 405 g/mol. The molecule has 1 aromatic rings. The minimum absolute atomic E-state index is 0.594. The predicted molar refractivity (Wildman–Crippen MR) is 93.8 cm³/mol. The van der Waals surface area contributed by atoms with Gasteiger partial charge in [-0.1, -0.05) is 15.9 Å². The first-order valence-corrected chi connectivity index (χ1v) is 8.02. The van der Waals surface area contributed by atoms with Crippen LogP contribution in [0, 0.1) is 13.8 Å². The van der Waals surface area contributed by atoms with E-state index in [0.717, 1.165) is 34.5 Å². The molecule has 0 aliphatic carbocycles. The summed E-state index contributed by atoms with van der Waals surface area (Å²) < 4.78 is 12.4. The fourth-order valence-corrected chi connectivity index (χ4v) is 2.36. The third-order valence-electron chi connectivity index (χ3n) is 2.76. The van der Waals surface area contributed by atoms with E-state index in [2.05, 4.69) is 46.8 Å². The van der Waals surface area contributed by atoms with Crippen LogP contribution in [0.15, 0.2) is 16.6 Å². The van der Waals surface area contributed by atoms with Gasteiger partial charge in [-0.3, -0.25) is 0 Å². The molecule has 7 nitrogen and oxygen atoms in total. The lowest BCUT2D eigenvalue weighted by Crippen LogP contribution is -2.19. The molecule has 0 saturated carbocycles. The molecule has 0 aliphatic heterocycles. The lowest BCUT2D eigenvalue weighted by Gasteiger charge is -2.13. The number of hydrogen-bond acceptors (Lipinski definition) is 5. The van der Waals surface area contributed by atoms with E-state index in [4.69, 9.17) is 29.3 Å². The van der Waals surface area contributed by atoms with Crippen LogP contribution >= 0.6 is 15.9 Å². The molecule has 24 heavy (non-hydrogen) atoms. The van der Waals surface area contributed by atoms with Crippen molar-refractivity contribution in [2.75, 3.05) is 40.5 Å².